The third-order valence-corrected chi connectivity index (χ3v) is 2.65. The summed E-state index contributed by atoms with van der Waals surface area (Å²) in [5, 5.41) is 17.3. The number of aliphatic carboxylic acids is 1. The summed E-state index contributed by atoms with van der Waals surface area (Å²) in [6.45, 7) is 1.29. The maximum atomic E-state index is 11.1. The van der Waals surface area contributed by atoms with Gasteiger partial charge >= 0.3 is 5.97 Å². The van der Waals surface area contributed by atoms with Gasteiger partial charge in [0.1, 0.15) is 11.1 Å². The van der Waals surface area contributed by atoms with E-state index < -0.39 is 11.3 Å². The molecule has 16 heavy (non-hydrogen) atoms. The molecule has 2 N–H and O–H groups in total. The zero-order chi connectivity index (χ0) is 12.3. The highest BCUT2D eigenvalue weighted by molar-refractivity contribution is 6.31. The highest BCUT2D eigenvalue weighted by Crippen LogP contribution is 2.33. The zero-order valence-electron chi connectivity index (χ0n) is 8.61. The first-order valence-corrected chi connectivity index (χ1v) is 5.04. The number of phenols is 1. The standard InChI is InChI=1S/C11H11ClO4/c1-6(13)11(12)10-7(5-9(15)16)3-2-4-8(10)14/h2-4,11,14H,5H2,1H3,(H,15,16). The molecule has 1 atom stereocenters. The first kappa shape index (κ1) is 12.5. The van der Waals surface area contributed by atoms with Crippen molar-refractivity contribution in [1.29, 1.82) is 0 Å². The number of carbonyl (C=O) groups excluding carboxylic acids is 1. The van der Waals surface area contributed by atoms with Crippen LogP contribution < -0.4 is 0 Å². The molecule has 0 radical (unpaired) electrons. The van der Waals surface area contributed by atoms with Crippen molar-refractivity contribution in [2.24, 2.45) is 0 Å². The van der Waals surface area contributed by atoms with Crippen LogP contribution in [0.5, 0.6) is 5.75 Å². The van der Waals surface area contributed by atoms with Crippen LogP contribution in [0.4, 0.5) is 0 Å². The molecule has 0 saturated heterocycles. The van der Waals surface area contributed by atoms with Gasteiger partial charge in [0, 0.05) is 5.56 Å². The SMILES string of the molecule is CC(=O)C(Cl)c1c(O)cccc1CC(=O)O. The molecule has 0 heterocycles. The van der Waals surface area contributed by atoms with Crippen molar-refractivity contribution in [3.05, 3.63) is 29.3 Å². The number of aromatic hydroxyl groups is 1. The van der Waals surface area contributed by atoms with Gasteiger partial charge in [-0.1, -0.05) is 12.1 Å². The summed E-state index contributed by atoms with van der Waals surface area (Å²) in [4.78, 5) is 21.8. The number of carboxylic acid groups (broad SMARTS) is 1. The summed E-state index contributed by atoms with van der Waals surface area (Å²) in [6, 6.07) is 4.42. The van der Waals surface area contributed by atoms with Crippen LogP contribution in [0, 0.1) is 0 Å². The molecule has 1 unspecified atom stereocenters. The molecule has 0 bridgehead atoms. The Morgan fingerprint density at radius 2 is 2.06 bits per heavy atom. The Labute approximate surface area is 97.5 Å². The number of rotatable bonds is 4. The van der Waals surface area contributed by atoms with E-state index >= 15 is 0 Å². The number of halogens is 1. The minimum atomic E-state index is -1.04. The first-order chi connectivity index (χ1) is 7.43. The Balaban J connectivity index is 3.22. The fourth-order valence-electron chi connectivity index (χ4n) is 1.41. The number of carbonyl (C=O) groups is 2. The monoisotopic (exact) mass is 242 g/mol. The molecular formula is C11H11ClO4. The number of carboxylic acids is 1. The molecule has 5 heteroatoms. The lowest BCUT2D eigenvalue weighted by molar-refractivity contribution is -0.136. The molecule has 86 valence electrons. The summed E-state index contributed by atoms with van der Waals surface area (Å²) in [6.07, 6.45) is -0.278. The number of phenolic OH excluding ortho intramolecular Hbond substituents is 1. The molecule has 1 aromatic carbocycles. The summed E-state index contributed by atoms with van der Waals surface area (Å²) < 4.78 is 0. The largest absolute Gasteiger partial charge is 0.508 e. The van der Waals surface area contributed by atoms with Crippen molar-refractivity contribution in [2.45, 2.75) is 18.7 Å². The molecular weight excluding hydrogens is 232 g/mol. The Hall–Kier alpha value is -1.55. The van der Waals surface area contributed by atoms with Gasteiger partial charge in [0.25, 0.3) is 0 Å². The minimum absolute atomic E-state index is 0.158. The van der Waals surface area contributed by atoms with Crippen LogP contribution >= 0.6 is 11.6 Å². The molecule has 0 aromatic heterocycles. The molecule has 4 nitrogen and oxygen atoms in total. The lowest BCUT2D eigenvalue weighted by Crippen LogP contribution is -2.09. The number of benzene rings is 1. The fraction of sp³-hybridized carbons (Fsp3) is 0.273. The van der Waals surface area contributed by atoms with Gasteiger partial charge in [0.15, 0.2) is 5.78 Å². The second-order valence-corrected chi connectivity index (χ2v) is 3.83. The Kier molecular flexibility index (Phi) is 3.90. The summed E-state index contributed by atoms with van der Waals surface area (Å²) in [5.74, 6) is -1.54. The van der Waals surface area contributed by atoms with Gasteiger partial charge in [-0.15, -0.1) is 11.6 Å². The van der Waals surface area contributed by atoms with E-state index in [2.05, 4.69) is 0 Å². The van der Waals surface area contributed by atoms with Crippen molar-refractivity contribution in [1.82, 2.24) is 0 Å². The van der Waals surface area contributed by atoms with Gasteiger partial charge in [-0.3, -0.25) is 9.59 Å². The summed E-state index contributed by atoms with van der Waals surface area (Å²) in [5.41, 5.74) is 0.529. The second kappa shape index (κ2) is 4.99. The predicted molar refractivity (Wildman–Crippen MR) is 58.7 cm³/mol. The normalized spacial score (nSPS) is 12.1. The van der Waals surface area contributed by atoms with Gasteiger partial charge in [0.05, 0.1) is 6.42 Å². The molecule has 0 aliphatic rings. The fourth-order valence-corrected chi connectivity index (χ4v) is 1.66. The van der Waals surface area contributed by atoms with E-state index in [1.807, 2.05) is 0 Å². The topological polar surface area (TPSA) is 74.6 Å². The third-order valence-electron chi connectivity index (χ3n) is 2.13. The Morgan fingerprint density at radius 3 is 2.56 bits per heavy atom. The van der Waals surface area contributed by atoms with Crippen LogP contribution in [0.2, 0.25) is 0 Å². The van der Waals surface area contributed by atoms with Crippen LogP contribution in [-0.4, -0.2) is 22.0 Å². The second-order valence-electron chi connectivity index (χ2n) is 3.39. The van der Waals surface area contributed by atoms with Crippen molar-refractivity contribution in [2.75, 3.05) is 0 Å². The smallest absolute Gasteiger partial charge is 0.307 e. The van der Waals surface area contributed by atoms with Crippen LogP contribution in [0.3, 0.4) is 0 Å². The van der Waals surface area contributed by atoms with Crippen LogP contribution in [-0.2, 0) is 16.0 Å². The van der Waals surface area contributed by atoms with Gasteiger partial charge in [-0.2, -0.15) is 0 Å². The quantitative estimate of drug-likeness (QED) is 0.791. The number of hydrogen-bond donors (Lipinski definition) is 2. The Bertz CT molecular complexity index is 428. The summed E-state index contributed by atoms with van der Waals surface area (Å²) in [7, 11) is 0. The number of alkyl halides is 1. The van der Waals surface area contributed by atoms with Crippen LogP contribution in [0.15, 0.2) is 18.2 Å². The third kappa shape index (κ3) is 2.73. The van der Waals surface area contributed by atoms with Crippen LogP contribution in [0.1, 0.15) is 23.4 Å². The van der Waals surface area contributed by atoms with Gasteiger partial charge in [-0.25, -0.2) is 0 Å². The zero-order valence-corrected chi connectivity index (χ0v) is 9.36. The van der Waals surface area contributed by atoms with E-state index in [9.17, 15) is 14.7 Å². The molecule has 0 aliphatic carbocycles. The van der Waals surface area contributed by atoms with Gasteiger partial charge < -0.3 is 10.2 Å². The molecule has 0 spiro atoms. The van der Waals surface area contributed by atoms with Crippen LogP contribution in [0.25, 0.3) is 0 Å². The van der Waals surface area contributed by atoms with Gasteiger partial charge in [0.2, 0.25) is 0 Å². The number of Topliss-reactive ketones (excluding diaryl/α,β-unsaturated/α-hetero) is 1. The van der Waals surface area contributed by atoms with E-state index in [-0.39, 0.29) is 23.5 Å². The maximum absolute atomic E-state index is 11.1. The molecule has 1 aromatic rings. The van der Waals surface area contributed by atoms with Crippen molar-refractivity contribution >= 4 is 23.4 Å². The molecule has 0 fully saturated rings. The van der Waals surface area contributed by atoms with E-state index in [1.165, 1.54) is 25.1 Å². The minimum Gasteiger partial charge on any atom is -0.508 e. The Morgan fingerprint density at radius 1 is 1.44 bits per heavy atom. The number of ketones is 1. The highest BCUT2D eigenvalue weighted by Gasteiger charge is 2.21. The van der Waals surface area contributed by atoms with E-state index in [0.29, 0.717) is 5.56 Å². The first-order valence-electron chi connectivity index (χ1n) is 4.60. The molecule has 1 rings (SSSR count). The van der Waals surface area contributed by atoms with Crippen molar-refractivity contribution in [3.8, 4) is 5.75 Å². The van der Waals surface area contributed by atoms with Gasteiger partial charge in [-0.05, 0) is 18.6 Å². The maximum Gasteiger partial charge on any atom is 0.307 e. The van der Waals surface area contributed by atoms with Crippen molar-refractivity contribution < 1.29 is 19.8 Å². The van der Waals surface area contributed by atoms with Crippen molar-refractivity contribution in [3.63, 3.8) is 0 Å². The lowest BCUT2D eigenvalue weighted by atomic mass is 9.99. The molecule has 0 saturated carbocycles. The lowest BCUT2D eigenvalue weighted by Gasteiger charge is -2.13. The summed E-state index contributed by atoms with van der Waals surface area (Å²) >= 11 is 5.83. The predicted octanol–water partition coefficient (Wildman–Crippen LogP) is 1.89. The average molecular weight is 243 g/mol. The van der Waals surface area contributed by atoms with E-state index in [4.69, 9.17) is 16.7 Å². The molecule has 0 amide bonds. The molecule has 0 aliphatic heterocycles. The number of hydrogen-bond acceptors (Lipinski definition) is 3. The average Bonchev–Trinajstić information content (AvgIpc) is 2.16. The highest BCUT2D eigenvalue weighted by atomic mass is 35.5. The van der Waals surface area contributed by atoms with E-state index in [1.54, 1.807) is 0 Å². The van der Waals surface area contributed by atoms with E-state index in [0.717, 1.165) is 0 Å².